The Morgan fingerprint density at radius 1 is 1.27 bits per heavy atom. The van der Waals surface area contributed by atoms with Gasteiger partial charge in [-0.2, -0.15) is 4.98 Å². The minimum Gasteiger partial charge on any atom is -0.396 e. The number of carbonyl (C=O) groups is 1. The Bertz CT molecular complexity index is 634. The maximum atomic E-state index is 11.6. The van der Waals surface area contributed by atoms with E-state index in [4.69, 9.17) is 5.11 Å². The highest BCUT2D eigenvalue weighted by molar-refractivity contribution is 5.95. The van der Waals surface area contributed by atoms with Gasteiger partial charge in [-0.3, -0.25) is 4.79 Å². The first-order valence-corrected chi connectivity index (χ1v) is 6.86. The fourth-order valence-corrected chi connectivity index (χ4v) is 1.73. The molecule has 0 saturated carbocycles. The van der Waals surface area contributed by atoms with Crippen LogP contribution in [0, 0.1) is 0 Å². The van der Waals surface area contributed by atoms with E-state index >= 15 is 0 Å². The molecule has 1 amide bonds. The van der Waals surface area contributed by atoms with E-state index in [1.165, 1.54) is 6.33 Å². The first-order valence-electron chi connectivity index (χ1n) is 6.86. The predicted octanol–water partition coefficient (Wildman–Crippen LogP) is 0.769. The smallest absolute Gasteiger partial charge is 0.251 e. The van der Waals surface area contributed by atoms with E-state index in [-0.39, 0.29) is 12.5 Å². The van der Waals surface area contributed by atoms with Crippen LogP contribution in [-0.4, -0.2) is 46.2 Å². The van der Waals surface area contributed by atoms with Crippen molar-refractivity contribution in [3.05, 3.63) is 36.2 Å². The highest BCUT2D eigenvalue weighted by atomic mass is 16.3. The quantitative estimate of drug-likeness (QED) is 0.559. The van der Waals surface area contributed by atoms with Gasteiger partial charge in [0, 0.05) is 31.5 Å². The lowest BCUT2D eigenvalue weighted by Crippen LogP contribution is -2.17. The molecule has 0 aliphatic rings. The number of benzene rings is 1. The van der Waals surface area contributed by atoms with Gasteiger partial charge in [-0.15, -0.1) is 0 Å². The Kier molecular flexibility index (Phi) is 5.61. The summed E-state index contributed by atoms with van der Waals surface area (Å²) >= 11 is 0. The van der Waals surface area contributed by atoms with Gasteiger partial charge in [0.25, 0.3) is 5.91 Å². The Balaban J connectivity index is 2.07. The van der Waals surface area contributed by atoms with E-state index in [0.717, 1.165) is 0 Å². The molecule has 22 heavy (non-hydrogen) atoms. The van der Waals surface area contributed by atoms with Gasteiger partial charge in [0.1, 0.15) is 6.33 Å². The lowest BCUT2D eigenvalue weighted by molar-refractivity contribution is 0.0963. The number of aromatic nitrogens is 3. The van der Waals surface area contributed by atoms with Crippen LogP contribution in [0.25, 0.3) is 0 Å². The Hall–Kier alpha value is -2.74. The molecule has 0 radical (unpaired) electrons. The van der Waals surface area contributed by atoms with Gasteiger partial charge in [-0.05, 0) is 24.6 Å². The van der Waals surface area contributed by atoms with Gasteiger partial charge in [0.05, 0.1) is 0 Å². The van der Waals surface area contributed by atoms with Crippen molar-refractivity contribution >= 4 is 23.5 Å². The van der Waals surface area contributed by atoms with Crippen LogP contribution in [0.2, 0.25) is 0 Å². The fourth-order valence-electron chi connectivity index (χ4n) is 1.73. The number of hydrogen-bond donors (Lipinski definition) is 4. The number of aliphatic hydroxyl groups is 1. The number of anilines is 3. The van der Waals surface area contributed by atoms with Crippen molar-refractivity contribution in [1.29, 1.82) is 0 Å². The van der Waals surface area contributed by atoms with Crippen molar-refractivity contribution in [2.45, 2.75) is 6.42 Å². The molecular weight excluding hydrogens is 284 g/mol. The van der Waals surface area contributed by atoms with Gasteiger partial charge in [-0.25, -0.2) is 9.97 Å². The second kappa shape index (κ2) is 7.89. The molecule has 0 bridgehead atoms. The van der Waals surface area contributed by atoms with Gasteiger partial charge >= 0.3 is 0 Å². The predicted molar refractivity (Wildman–Crippen MR) is 83.1 cm³/mol. The molecule has 0 unspecified atom stereocenters. The summed E-state index contributed by atoms with van der Waals surface area (Å²) in [5.41, 5.74) is 1.25. The molecule has 0 fully saturated rings. The summed E-state index contributed by atoms with van der Waals surface area (Å²) in [5.74, 6) is 0.634. The van der Waals surface area contributed by atoms with Crippen LogP contribution in [-0.2, 0) is 0 Å². The highest BCUT2D eigenvalue weighted by Crippen LogP contribution is 2.15. The summed E-state index contributed by atoms with van der Waals surface area (Å²) in [4.78, 5) is 23.8. The standard InChI is InChI=1S/C14H18N6O2/c1-15-12(22)10-4-2-5-11(8-10)19-14-18-9-17-13(20-14)16-6-3-7-21/h2,4-5,8-9,21H,3,6-7H2,1H3,(H,15,22)(H2,16,17,18,19,20). The molecule has 0 spiro atoms. The van der Waals surface area contributed by atoms with Gasteiger partial charge in [0.2, 0.25) is 11.9 Å². The molecule has 8 nitrogen and oxygen atoms in total. The third-order valence-electron chi connectivity index (χ3n) is 2.80. The molecule has 0 aliphatic carbocycles. The third-order valence-corrected chi connectivity index (χ3v) is 2.80. The van der Waals surface area contributed by atoms with Crippen LogP contribution in [0.1, 0.15) is 16.8 Å². The van der Waals surface area contributed by atoms with Crippen molar-refractivity contribution in [2.75, 3.05) is 30.8 Å². The second-order valence-corrected chi connectivity index (χ2v) is 4.42. The lowest BCUT2D eigenvalue weighted by Gasteiger charge is -2.08. The number of aliphatic hydroxyl groups excluding tert-OH is 1. The topological polar surface area (TPSA) is 112 Å². The Morgan fingerprint density at radius 3 is 2.86 bits per heavy atom. The molecular formula is C14H18N6O2. The average molecular weight is 302 g/mol. The van der Waals surface area contributed by atoms with Crippen molar-refractivity contribution in [2.24, 2.45) is 0 Å². The molecule has 8 heteroatoms. The van der Waals surface area contributed by atoms with E-state index in [2.05, 4.69) is 30.9 Å². The molecule has 2 rings (SSSR count). The zero-order valence-electron chi connectivity index (χ0n) is 12.2. The molecule has 4 N–H and O–H groups in total. The minimum absolute atomic E-state index is 0.107. The van der Waals surface area contributed by atoms with Crippen molar-refractivity contribution < 1.29 is 9.90 Å². The van der Waals surface area contributed by atoms with Gasteiger partial charge < -0.3 is 21.1 Å². The number of hydrogen-bond acceptors (Lipinski definition) is 7. The van der Waals surface area contributed by atoms with E-state index in [1.807, 2.05) is 6.07 Å². The van der Waals surface area contributed by atoms with Crippen LogP contribution < -0.4 is 16.0 Å². The average Bonchev–Trinajstić information content (AvgIpc) is 2.55. The molecule has 0 saturated heterocycles. The Labute approximate surface area is 128 Å². The van der Waals surface area contributed by atoms with Crippen LogP contribution in [0.15, 0.2) is 30.6 Å². The number of nitrogens with zero attached hydrogens (tertiary/aromatic N) is 3. The van der Waals surface area contributed by atoms with E-state index in [1.54, 1.807) is 25.2 Å². The maximum absolute atomic E-state index is 11.6. The van der Waals surface area contributed by atoms with E-state index in [0.29, 0.717) is 36.1 Å². The zero-order valence-corrected chi connectivity index (χ0v) is 12.2. The van der Waals surface area contributed by atoms with Crippen LogP contribution in [0.5, 0.6) is 0 Å². The molecule has 1 aromatic heterocycles. The third kappa shape index (κ3) is 4.38. The maximum Gasteiger partial charge on any atom is 0.251 e. The molecule has 116 valence electrons. The molecule has 2 aromatic rings. The minimum atomic E-state index is -0.161. The van der Waals surface area contributed by atoms with Crippen molar-refractivity contribution in [1.82, 2.24) is 20.3 Å². The molecule has 1 aromatic carbocycles. The summed E-state index contributed by atoms with van der Waals surface area (Å²) in [6.45, 7) is 0.682. The molecule has 1 heterocycles. The highest BCUT2D eigenvalue weighted by Gasteiger charge is 2.05. The summed E-state index contributed by atoms with van der Waals surface area (Å²) in [5, 5.41) is 17.3. The summed E-state index contributed by atoms with van der Waals surface area (Å²) in [6, 6.07) is 7.02. The van der Waals surface area contributed by atoms with Crippen LogP contribution in [0.4, 0.5) is 17.6 Å². The van der Waals surface area contributed by atoms with E-state index in [9.17, 15) is 4.79 Å². The fraction of sp³-hybridized carbons (Fsp3) is 0.286. The monoisotopic (exact) mass is 302 g/mol. The van der Waals surface area contributed by atoms with Crippen molar-refractivity contribution in [3.63, 3.8) is 0 Å². The number of amides is 1. The van der Waals surface area contributed by atoms with Crippen LogP contribution in [0.3, 0.4) is 0 Å². The first kappa shape index (κ1) is 15.6. The zero-order chi connectivity index (χ0) is 15.8. The van der Waals surface area contributed by atoms with Gasteiger partial charge in [-0.1, -0.05) is 6.07 Å². The molecule has 0 atom stereocenters. The van der Waals surface area contributed by atoms with Crippen LogP contribution >= 0.6 is 0 Å². The normalized spacial score (nSPS) is 10.1. The lowest BCUT2D eigenvalue weighted by atomic mass is 10.2. The number of rotatable bonds is 7. The summed E-state index contributed by atoms with van der Waals surface area (Å²) < 4.78 is 0. The number of nitrogens with one attached hydrogen (secondary N) is 3. The summed E-state index contributed by atoms with van der Waals surface area (Å²) in [6.07, 6.45) is 2.00. The largest absolute Gasteiger partial charge is 0.396 e. The van der Waals surface area contributed by atoms with Gasteiger partial charge in [0.15, 0.2) is 0 Å². The SMILES string of the molecule is CNC(=O)c1cccc(Nc2ncnc(NCCCO)n2)c1. The van der Waals surface area contributed by atoms with Crippen molar-refractivity contribution in [3.8, 4) is 0 Å². The Morgan fingerprint density at radius 2 is 2.09 bits per heavy atom. The molecule has 0 aliphatic heterocycles. The summed E-state index contributed by atoms with van der Waals surface area (Å²) in [7, 11) is 1.58. The number of carbonyl (C=O) groups excluding carboxylic acids is 1. The first-order chi connectivity index (χ1) is 10.7. The van der Waals surface area contributed by atoms with E-state index < -0.39 is 0 Å². The second-order valence-electron chi connectivity index (χ2n) is 4.42.